The molecule has 5 nitrogen and oxygen atoms in total. The Labute approximate surface area is 90.0 Å². The Balaban J connectivity index is 2.59. The average molecular weight is 213 g/mol. The van der Waals surface area contributed by atoms with Crippen LogP contribution in [-0.2, 0) is 9.59 Å². The maximum atomic E-state index is 12.0. The molecule has 0 aromatic heterocycles. The third-order valence-electron chi connectivity index (χ3n) is 2.88. The second-order valence-corrected chi connectivity index (χ2v) is 3.96. The summed E-state index contributed by atoms with van der Waals surface area (Å²) in [6, 6.07) is 0.194. The van der Waals surface area contributed by atoms with Crippen molar-refractivity contribution < 1.29 is 9.59 Å². The summed E-state index contributed by atoms with van der Waals surface area (Å²) in [6.07, 6.45) is 0.843. The van der Waals surface area contributed by atoms with E-state index in [-0.39, 0.29) is 24.4 Å². The Hall–Kier alpha value is -1.10. The number of nitrogens with zero attached hydrogens (tertiary/aromatic N) is 1. The van der Waals surface area contributed by atoms with Crippen molar-refractivity contribution in [3.63, 3.8) is 0 Å². The average Bonchev–Trinajstić information content (AvgIpc) is 2.59. The maximum Gasteiger partial charge on any atom is 0.237 e. The number of nitrogens with two attached hydrogens (primary N) is 1. The molecule has 0 saturated carbocycles. The summed E-state index contributed by atoms with van der Waals surface area (Å²) in [5.74, 6) is -0.429. The van der Waals surface area contributed by atoms with Gasteiger partial charge in [0.05, 0.1) is 12.5 Å². The van der Waals surface area contributed by atoms with E-state index in [4.69, 9.17) is 5.73 Å². The van der Waals surface area contributed by atoms with Gasteiger partial charge >= 0.3 is 0 Å². The molecular formula is C10H19N3O2. The first-order valence-corrected chi connectivity index (χ1v) is 5.36. The Kier molecular flexibility index (Phi) is 4.08. The number of likely N-dealkylation sites (N-methyl/N-ethyl adjacent to an activating group) is 1. The Morgan fingerprint density at radius 2 is 2.20 bits per heavy atom. The van der Waals surface area contributed by atoms with Crippen molar-refractivity contribution in [3.8, 4) is 0 Å². The van der Waals surface area contributed by atoms with E-state index in [1.54, 1.807) is 0 Å². The Morgan fingerprint density at radius 1 is 1.53 bits per heavy atom. The molecule has 1 aliphatic heterocycles. The molecule has 0 radical (unpaired) electrons. The van der Waals surface area contributed by atoms with Crippen LogP contribution in [0.5, 0.6) is 0 Å². The zero-order chi connectivity index (χ0) is 11.4. The lowest BCUT2D eigenvalue weighted by Crippen LogP contribution is -2.44. The largest absolute Gasteiger partial charge is 0.368 e. The molecule has 1 aliphatic rings. The van der Waals surface area contributed by atoms with E-state index in [0.717, 1.165) is 13.0 Å². The number of primary amides is 1. The minimum atomic E-state index is -0.455. The van der Waals surface area contributed by atoms with E-state index < -0.39 is 5.91 Å². The quantitative estimate of drug-likeness (QED) is 0.649. The standard InChI is InChI=1S/C10H19N3O2/c1-3-13(6-9(11)14)10(15)8-4-5-12-7(8)2/h7-8,12H,3-6H2,1-2H3,(H2,11,14). The molecule has 15 heavy (non-hydrogen) atoms. The molecule has 0 aromatic rings. The minimum absolute atomic E-state index is 0.00991. The second kappa shape index (κ2) is 5.11. The highest BCUT2D eigenvalue weighted by Gasteiger charge is 2.32. The zero-order valence-corrected chi connectivity index (χ0v) is 9.32. The summed E-state index contributed by atoms with van der Waals surface area (Å²) >= 11 is 0. The van der Waals surface area contributed by atoms with Crippen LogP contribution in [-0.4, -0.2) is 42.4 Å². The van der Waals surface area contributed by atoms with Gasteiger partial charge in [-0.2, -0.15) is 0 Å². The number of hydrogen-bond acceptors (Lipinski definition) is 3. The van der Waals surface area contributed by atoms with Gasteiger partial charge in [-0.15, -0.1) is 0 Å². The summed E-state index contributed by atoms with van der Waals surface area (Å²) in [5, 5.41) is 3.22. The topological polar surface area (TPSA) is 75.4 Å². The summed E-state index contributed by atoms with van der Waals surface area (Å²) < 4.78 is 0. The van der Waals surface area contributed by atoms with Crippen molar-refractivity contribution in [3.05, 3.63) is 0 Å². The third kappa shape index (κ3) is 2.92. The van der Waals surface area contributed by atoms with Crippen molar-refractivity contribution in [2.75, 3.05) is 19.6 Å². The van der Waals surface area contributed by atoms with Gasteiger partial charge in [0.1, 0.15) is 0 Å². The first kappa shape index (κ1) is 12.0. The summed E-state index contributed by atoms with van der Waals surface area (Å²) in [6.45, 7) is 5.27. The van der Waals surface area contributed by atoms with Gasteiger partial charge in [0, 0.05) is 12.6 Å². The van der Waals surface area contributed by atoms with Crippen LogP contribution in [0.15, 0.2) is 0 Å². The van der Waals surface area contributed by atoms with Crippen LogP contribution in [0.4, 0.5) is 0 Å². The predicted octanol–water partition coefficient (Wildman–Crippen LogP) is -0.682. The molecular weight excluding hydrogens is 194 g/mol. The fourth-order valence-electron chi connectivity index (χ4n) is 1.96. The summed E-state index contributed by atoms with van der Waals surface area (Å²) in [7, 11) is 0. The van der Waals surface area contributed by atoms with Crippen LogP contribution in [0.25, 0.3) is 0 Å². The molecule has 1 saturated heterocycles. The van der Waals surface area contributed by atoms with Gasteiger partial charge < -0.3 is 16.0 Å². The van der Waals surface area contributed by atoms with Crippen LogP contribution in [0.2, 0.25) is 0 Å². The van der Waals surface area contributed by atoms with Crippen molar-refractivity contribution in [2.45, 2.75) is 26.3 Å². The minimum Gasteiger partial charge on any atom is -0.368 e. The number of amides is 2. The van der Waals surface area contributed by atoms with Crippen LogP contribution >= 0.6 is 0 Å². The molecule has 2 atom stereocenters. The maximum absolute atomic E-state index is 12.0. The lowest BCUT2D eigenvalue weighted by atomic mass is 10.0. The first-order chi connectivity index (χ1) is 7.06. The molecule has 1 fully saturated rings. The van der Waals surface area contributed by atoms with Crippen molar-refractivity contribution in [2.24, 2.45) is 11.7 Å². The lowest BCUT2D eigenvalue weighted by molar-refractivity contribution is -0.138. The van der Waals surface area contributed by atoms with E-state index in [0.29, 0.717) is 6.54 Å². The molecule has 86 valence electrons. The molecule has 0 bridgehead atoms. The molecule has 2 amide bonds. The Bertz CT molecular complexity index is 255. The van der Waals surface area contributed by atoms with Crippen LogP contribution in [0.3, 0.4) is 0 Å². The summed E-state index contributed by atoms with van der Waals surface area (Å²) in [4.78, 5) is 24.3. The predicted molar refractivity (Wildman–Crippen MR) is 57.0 cm³/mol. The molecule has 5 heteroatoms. The SMILES string of the molecule is CCN(CC(N)=O)C(=O)C1CCNC1C. The number of carbonyl (C=O) groups excluding carboxylic acids is 2. The van der Waals surface area contributed by atoms with E-state index in [1.807, 2.05) is 13.8 Å². The van der Waals surface area contributed by atoms with Crippen molar-refractivity contribution in [1.29, 1.82) is 0 Å². The fraction of sp³-hybridized carbons (Fsp3) is 0.800. The fourth-order valence-corrected chi connectivity index (χ4v) is 1.96. The highest BCUT2D eigenvalue weighted by molar-refractivity contribution is 5.85. The summed E-state index contributed by atoms with van der Waals surface area (Å²) in [5.41, 5.74) is 5.09. The van der Waals surface area contributed by atoms with Gasteiger partial charge in [0.2, 0.25) is 11.8 Å². The monoisotopic (exact) mass is 213 g/mol. The van der Waals surface area contributed by atoms with Crippen molar-refractivity contribution in [1.82, 2.24) is 10.2 Å². The molecule has 2 unspecified atom stereocenters. The first-order valence-electron chi connectivity index (χ1n) is 5.36. The zero-order valence-electron chi connectivity index (χ0n) is 9.32. The highest BCUT2D eigenvalue weighted by Crippen LogP contribution is 2.17. The molecule has 3 N–H and O–H groups in total. The Morgan fingerprint density at radius 3 is 2.60 bits per heavy atom. The molecule has 0 aromatic carbocycles. The third-order valence-corrected chi connectivity index (χ3v) is 2.88. The number of carbonyl (C=O) groups is 2. The number of rotatable bonds is 4. The smallest absolute Gasteiger partial charge is 0.237 e. The van der Waals surface area contributed by atoms with E-state index >= 15 is 0 Å². The van der Waals surface area contributed by atoms with Gasteiger partial charge in [0.25, 0.3) is 0 Å². The molecule has 0 spiro atoms. The second-order valence-electron chi connectivity index (χ2n) is 3.96. The number of hydrogen-bond donors (Lipinski definition) is 2. The molecule has 0 aliphatic carbocycles. The molecule has 1 heterocycles. The van der Waals surface area contributed by atoms with E-state index in [9.17, 15) is 9.59 Å². The van der Waals surface area contributed by atoms with Crippen LogP contribution in [0.1, 0.15) is 20.3 Å². The van der Waals surface area contributed by atoms with Crippen molar-refractivity contribution >= 4 is 11.8 Å². The van der Waals surface area contributed by atoms with E-state index in [1.165, 1.54) is 4.90 Å². The number of nitrogens with one attached hydrogen (secondary N) is 1. The van der Waals surface area contributed by atoms with Gasteiger partial charge in [-0.1, -0.05) is 0 Å². The van der Waals surface area contributed by atoms with Gasteiger partial charge in [-0.05, 0) is 26.8 Å². The van der Waals surface area contributed by atoms with Gasteiger partial charge in [0.15, 0.2) is 0 Å². The van der Waals surface area contributed by atoms with Crippen LogP contribution < -0.4 is 11.1 Å². The lowest BCUT2D eigenvalue weighted by Gasteiger charge is -2.24. The van der Waals surface area contributed by atoms with Gasteiger partial charge in [-0.25, -0.2) is 0 Å². The van der Waals surface area contributed by atoms with E-state index in [2.05, 4.69) is 5.32 Å². The molecule has 1 rings (SSSR count). The van der Waals surface area contributed by atoms with Crippen LogP contribution in [0, 0.1) is 5.92 Å². The van der Waals surface area contributed by atoms with Gasteiger partial charge in [-0.3, -0.25) is 9.59 Å². The highest BCUT2D eigenvalue weighted by atomic mass is 16.2. The normalized spacial score (nSPS) is 25.2.